The predicted octanol–water partition coefficient (Wildman–Crippen LogP) is -0.624. The van der Waals surface area contributed by atoms with E-state index >= 15 is 0 Å². The van der Waals surface area contributed by atoms with E-state index in [4.69, 9.17) is 0 Å². The maximum Gasteiger partial charge on any atom is 0.342 e. The smallest absolute Gasteiger partial charge is 0.342 e. The Balaban J connectivity index is 2.16. The van der Waals surface area contributed by atoms with Crippen LogP contribution in [0.25, 0.3) is 0 Å². The Morgan fingerprint density at radius 3 is 3.00 bits per heavy atom. The van der Waals surface area contributed by atoms with Gasteiger partial charge in [-0.05, 0) is 12.2 Å². The van der Waals surface area contributed by atoms with E-state index in [1.54, 1.807) is 0 Å². The molecule has 1 aliphatic heterocycles. The van der Waals surface area contributed by atoms with Crippen molar-refractivity contribution in [3.05, 3.63) is 20.8 Å². The summed E-state index contributed by atoms with van der Waals surface area (Å²) < 4.78 is 0. The number of hydrogen-bond acceptors (Lipinski definition) is 5. The molecule has 1 unspecified atom stereocenters. The van der Waals surface area contributed by atoms with E-state index in [1.165, 1.54) is 0 Å². The summed E-state index contributed by atoms with van der Waals surface area (Å²) in [7, 11) is 0. The molecule has 1 aromatic heterocycles. The minimum atomic E-state index is -0.582. The molecule has 7 heteroatoms. The van der Waals surface area contributed by atoms with Crippen LogP contribution in [0.4, 0.5) is 5.82 Å². The van der Waals surface area contributed by atoms with Gasteiger partial charge in [0.15, 0.2) is 0 Å². The van der Waals surface area contributed by atoms with Crippen LogP contribution in [0, 0.1) is 0 Å². The van der Waals surface area contributed by atoms with E-state index in [1.807, 2.05) is 11.8 Å². The van der Waals surface area contributed by atoms with Crippen LogP contribution in [0.3, 0.4) is 0 Å². The SMILES string of the molecule is O=c1[nH]nc(NC2CCSC2)c(=O)[nH]1. The molecule has 0 aliphatic carbocycles. The quantitative estimate of drug-likeness (QED) is 0.610. The number of rotatable bonds is 2. The minimum absolute atomic E-state index is 0.192. The molecule has 76 valence electrons. The molecule has 1 aromatic rings. The molecule has 1 saturated heterocycles. The van der Waals surface area contributed by atoms with Crippen LogP contribution in [-0.2, 0) is 0 Å². The van der Waals surface area contributed by atoms with Gasteiger partial charge in [-0.2, -0.15) is 11.8 Å². The second kappa shape index (κ2) is 3.87. The fraction of sp³-hybridized carbons (Fsp3) is 0.571. The first-order chi connectivity index (χ1) is 6.75. The Morgan fingerprint density at radius 1 is 1.50 bits per heavy atom. The number of nitrogens with one attached hydrogen (secondary N) is 3. The summed E-state index contributed by atoms with van der Waals surface area (Å²) in [6.07, 6.45) is 1.02. The molecule has 6 nitrogen and oxygen atoms in total. The van der Waals surface area contributed by atoms with E-state index < -0.39 is 11.2 Å². The highest BCUT2D eigenvalue weighted by Gasteiger charge is 2.16. The van der Waals surface area contributed by atoms with Crippen molar-refractivity contribution in [2.75, 3.05) is 16.8 Å². The third-order valence-electron chi connectivity index (χ3n) is 1.98. The number of thioether (sulfide) groups is 1. The lowest BCUT2D eigenvalue weighted by Crippen LogP contribution is -2.30. The Bertz CT molecular complexity index is 420. The first-order valence-corrected chi connectivity index (χ1v) is 5.44. The lowest BCUT2D eigenvalue weighted by Gasteiger charge is -2.09. The number of hydrogen-bond donors (Lipinski definition) is 3. The van der Waals surface area contributed by atoms with Crippen molar-refractivity contribution < 1.29 is 0 Å². The van der Waals surface area contributed by atoms with Crippen molar-refractivity contribution in [2.45, 2.75) is 12.5 Å². The Hall–Kier alpha value is -1.24. The summed E-state index contributed by atoms with van der Waals surface area (Å²) in [6.45, 7) is 0. The van der Waals surface area contributed by atoms with Crippen molar-refractivity contribution in [1.82, 2.24) is 15.2 Å². The Kier molecular flexibility index (Phi) is 2.58. The third kappa shape index (κ3) is 1.98. The number of nitrogens with zero attached hydrogens (tertiary/aromatic N) is 1. The van der Waals surface area contributed by atoms with Crippen molar-refractivity contribution >= 4 is 17.6 Å². The van der Waals surface area contributed by atoms with Gasteiger partial charge in [-0.3, -0.25) is 9.78 Å². The van der Waals surface area contributed by atoms with Gasteiger partial charge in [0, 0.05) is 11.8 Å². The zero-order valence-electron chi connectivity index (χ0n) is 7.37. The largest absolute Gasteiger partial charge is 0.360 e. The van der Waals surface area contributed by atoms with Gasteiger partial charge in [0.1, 0.15) is 0 Å². The van der Waals surface area contributed by atoms with Crippen LogP contribution in [0.15, 0.2) is 9.59 Å². The predicted molar refractivity (Wildman–Crippen MR) is 54.8 cm³/mol. The summed E-state index contributed by atoms with van der Waals surface area (Å²) in [5, 5.41) is 8.81. The van der Waals surface area contributed by atoms with Gasteiger partial charge in [-0.1, -0.05) is 0 Å². The first kappa shape index (κ1) is 9.32. The molecule has 0 spiro atoms. The average Bonchev–Trinajstić information content (AvgIpc) is 2.62. The highest BCUT2D eigenvalue weighted by Crippen LogP contribution is 2.18. The summed E-state index contributed by atoms with van der Waals surface area (Å²) >= 11 is 1.84. The lowest BCUT2D eigenvalue weighted by atomic mass is 10.3. The van der Waals surface area contributed by atoms with Gasteiger partial charge in [0.05, 0.1) is 0 Å². The molecule has 0 aromatic carbocycles. The fourth-order valence-corrected chi connectivity index (χ4v) is 2.44. The summed E-state index contributed by atoms with van der Waals surface area (Å²) in [4.78, 5) is 24.0. The van der Waals surface area contributed by atoms with Crippen molar-refractivity contribution in [3.63, 3.8) is 0 Å². The van der Waals surface area contributed by atoms with Crippen LogP contribution in [0.5, 0.6) is 0 Å². The molecular weight excluding hydrogens is 204 g/mol. The second-order valence-corrected chi connectivity index (χ2v) is 4.21. The maximum absolute atomic E-state index is 11.2. The third-order valence-corrected chi connectivity index (χ3v) is 3.14. The van der Waals surface area contributed by atoms with E-state index in [0.29, 0.717) is 0 Å². The molecule has 0 bridgehead atoms. The molecule has 3 N–H and O–H groups in total. The minimum Gasteiger partial charge on any atom is -0.360 e. The first-order valence-electron chi connectivity index (χ1n) is 4.29. The van der Waals surface area contributed by atoms with Gasteiger partial charge in [-0.25, -0.2) is 9.89 Å². The van der Waals surface area contributed by atoms with E-state index in [-0.39, 0.29) is 11.9 Å². The summed E-state index contributed by atoms with van der Waals surface area (Å²) in [6, 6.07) is 0.277. The van der Waals surface area contributed by atoms with Gasteiger partial charge in [0.2, 0.25) is 5.82 Å². The molecule has 1 aliphatic rings. The lowest BCUT2D eigenvalue weighted by molar-refractivity contribution is 0.784. The molecule has 1 fully saturated rings. The van der Waals surface area contributed by atoms with Crippen molar-refractivity contribution in [1.29, 1.82) is 0 Å². The van der Waals surface area contributed by atoms with E-state index in [2.05, 4.69) is 20.5 Å². The Morgan fingerprint density at radius 2 is 2.36 bits per heavy atom. The van der Waals surface area contributed by atoms with E-state index in [0.717, 1.165) is 17.9 Å². The van der Waals surface area contributed by atoms with Crippen LogP contribution < -0.4 is 16.6 Å². The molecule has 0 radical (unpaired) electrons. The van der Waals surface area contributed by atoms with Gasteiger partial charge in [-0.15, -0.1) is 5.10 Å². The number of anilines is 1. The number of aromatic amines is 2. The van der Waals surface area contributed by atoms with Gasteiger partial charge < -0.3 is 5.32 Å². The van der Waals surface area contributed by atoms with Gasteiger partial charge in [0.25, 0.3) is 5.56 Å². The molecule has 2 rings (SSSR count). The van der Waals surface area contributed by atoms with Crippen LogP contribution in [0.2, 0.25) is 0 Å². The maximum atomic E-state index is 11.2. The number of H-pyrrole nitrogens is 2. The normalized spacial score (nSPS) is 21.0. The zero-order valence-corrected chi connectivity index (χ0v) is 8.19. The fourth-order valence-electron chi connectivity index (χ4n) is 1.29. The van der Waals surface area contributed by atoms with E-state index in [9.17, 15) is 9.59 Å². The molecular formula is C7H10N4O2S. The zero-order chi connectivity index (χ0) is 9.97. The summed E-state index contributed by atoms with van der Waals surface area (Å²) in [5.41, 5.74) is -1.05. The van der Waals surface area contributed by atoms with Crippen LogP contribution in [0.1, 0.15) is 6.42 Å². The summed E-state index contributed by atoms with van der Waals surface area (Å²) in [5.74, 6) is 2.26. The monoisotopic (exact) mass is 214 g/mol. The van der Waals surface area contributed by atoms with Crippen molar-refractivity contribution in [2.24, 2.45) is 0 Å². The van der Waals surface area contributed by atoms with Gasteiger partial charge >= 0.3 is 5.69 Å². The second-order valence-electron chi connectivity index (χ2n) is 3.06. The number of aromatic nitrogens is 3. The van der Waals surface area contributed by atoms with Crippen LogP contribution >= 0.6 is 11.8 Å². The standard InChI is InChI=1S/C7H10N4O2S/c12-6-5(10-11-7(13)9-6)8-4-1-2-14-3-4/h4H,1-3H2,(H,8,10)(H2,9,11,12,13). The highest BCUT2D eigenvalue weighted by molar-refractivity contribution is 7.99. The topological polar surface area (TPSA) is 90.6 Å². The Labute approximate surface area is 83.5 Å². The molecule has 0 amide bonds. The molecule has 14 heavy (non-hydrogen) atoms. The highest BCUT2D eigenvalue weighted by atomic mass is 32.2. The molecule has 2 heterocycles. The molecule has 1 atom stereocenters. The van der Waals surface area contributed by atoms with Crippen molar-refractivity contribution in [3.8, 4) is 0 Å². The average molecular weight is 214 g/mol. The van der Waals surface area contributed by atoms with Crippen LogP contribution in [-0.4, -0.2) is 32.7 Å². The molecule has 0 saturated carbocycles.